The number of carbonyl (C=O) groups excluding carboxylic acids is 3. The van der Waals surface area contributed by atoms with E-state index in [-0.39, 0.29) is 17.9 Å². The van der Waals surface area contributed by atoms with E-state index in [0.29, 0.717) is 5.69 Å². The molecule has 4 atom stereocenters. The van der Waals surface area contributed by atoms with Crippen molar-refractivity contribution in [2.75, 3.05) is 0 Å². The van der Waals surface area contributed by atoms with E-state index in [1.165, 1.54) is 4.68 Å². The quantitative estimate of drug-likeness (QED) is 0.570. The Hall–Kier alpha value is -2.45. The van der Waals surface area contributed by atoms with Crippen molar-refractivity contribution in [1.82, 2.24) is 30.9 Å². The summed E-state index contributed by atoms with van der Waals surface area (Å²) in [7, 11) is 0. The minimum atomic E-state index is -0.758. The van der Waals surface area contributed by atoms with Gasteiger partial charge in [0, 0.05) is 0 Å². The van der Waals surface area contributed by atoms with Crippen molar-refractivity contribution in [3.05, 3.63) is 11.9 Å². The lowest BCUT2D eigenvalue weighted by Crippen LogP contribution is -2.52. The first kappa shape index (κ1) is 15.9. The molecule has 0 saturated carbocycles. The molecule has 0 saturated heterocycles. The van der Waals surface area contributed by atoms with E-state index in [1.54, 1.807) is 33.9 Å². The number of aromatic nitrogens is 3. The largest absolute Gasteiger partial charge is 0.346 e. The highest BCUT2D eigenvalue weighted by Crippen LogP contribution is 2.12. The second-order valence-corrected chi connectivity index (χ2v) is 5.49. The summed E-state index contributed by atoms with van der Waals surface area (Å²) in [6.45, 7) is 6.55. The SMILES string of the molecule is C[C@H]1NC(=O)[C@@H](C)NC(=O)[C@H](C)n2cc(nn2)[C@@H](C)NC1=O. The van der Waals surface area contributed by atoms with Crippen LogP contribution >= 0.6 is 0 Å². The fourth-order valence-corrected chi connectivity index (χ4v) is 2.01. The van der Waals surface area contributed by atoms with Crippen LogP contribution in [-0.4, -0.2) is 44.8 Å². The summed E-state index contributed by atoms with van der Waals surface area (Å²) < 4.78 is 1.40. The van der Waals surface area contributed by atoms with Gasteiger partial charge in [0.15, 0.2) is 0 Å². The smallest absolute Gasteiger partial charge is 0.245 e. The van der Waals surface area contributed by atoms with Gasteiger partial charge in [-0.2, -0.15) is 0 Å². The lowest BCUT2D eigenvalue weighted by Gasteiger charge is -2.20. The van der Waals surface area contributed by atoms with Crippen molar-refractivity contribution in [2.24, 2.45) is 0 Å². The predicted molar refractivity (Wildman–Crippen MR) is 76.5 cm³/mol. The summed E-state index contributed by atoms with van der Waals surface area (Å²) in [5.41, 5.74) is 0.541. The lowest BCUT2D eigenvalue weighted by atomic mass is 10.2. The van der Waals surface area contributed by atoms with Gasteiger partial charge in [-0.1, -0.05) is 5.21 Å². The molecule has 3 amide bonds. The van der Waals surface area contributed by atoms with Crippen LogP contribution in [0.4, 0.5) is 0 Å². The Morgan fingerprint density at radius 2 is 1.36 bits per heavy atom. The van der Waals surface area contributed by atoms with Crippen molar-refractivity contribution in [3.8, 4) is 0 Å². The topological polar surface area (TPSA) is 118 Å². The van der Waals surface area contributed by atoms with Gasteiger partial charge in [-0.3, -0.25) is 14.4 Å². The normalized spacial score (nSPS) is 30.3. The highest BCUT2D eigenvalue weighted by atomic mass is 16.2. The molecule has 2 rings (SSSR count). The maximum absolute atomic E-state index is 12.1. The van der Waals surface area contributed by atoms with Crippen LogP contribution in [0.5, 0.6) is 0 Å². The average Bonchev–Trinajstić information content (AvgIpc) is 2.94. The van der Waals surface area contributed by atoms with Gasteiger partial charge in [0.1, 0.15) is 23.8 Å². The lowest BCUT2D eigenvalue weighted by molar-refractivity contribution is -0.132. The number of nitrogens with zero attached hydrogens (tertiary/aromatic N) is 3. The van der Waals surface area contributed by atoms with Crippen LogP contribution in [0.3, 0.4) is 0 Å². The van der Waals surface area contributed by atoms with Gasteiger partial charge in [0.05, 0.1) is 12.2 Å². The number of rotatable bonds is 0. The van der Waals surface area contributed by atoms with Gasteiger partial charge in [0.25, 0.3) is 0 Å². The summed E-state index contributed by atoms with van der Waals surface area (Å²) in [4.78, 5) is 36.2. The Morgan fingerprint density at radius 3 is 1.95 bits per heavy atom. The molecule has 1 aromatic heterocycles. The Labute approximate surface area is 127 Å². The first-order valence-electron chi connectivity index (χ1n) is 7.12. The predicted octanol–water partition coefficient (Wildman–Crippen LogP) is -0.961. The standard InChI is InChI=1S/C13H20N6O3/c1-6-10-5-19(18-17-10)9(4)13(22)16-8(3)12(21)15-7(2)11(20)14-6/h5-9H,1-4H3,(H,14,20)(H,15,21)(H,16,22)/t6-,7-,8-,9+/m1/s1. The minimum Gasteiger partial charge on any atom is -0.346 e. The van der Waals surface area contributed by atoms with Crippen LogP contribution < -0.4 is 16.0 Å². The summed E-state index contributed by atoms with van der Waals surface area (Å²) in [6, 6.07) is -2.47. The second-order valence-electron chi connectivity index (χ2n) is 5.49. The molecule has 120 valence electrons. The molecule has 2 bridgehead atoms. The van der Waals surface area contributed by atoms with Gasteiger partial charge in [-0.05, 0) is 27.7 Å². The van der Waals surface area contributed by atoms with Crippen LogP contribution in [-0.2, 0) is 14.4 Å². The van der Waals surface area contributed by atoms with Gasteiger partial charge in [0.2, 0.25) is 17.7 Å². The van der Waals surface area contributed by atoms with Crippen LogP contribution in [0.1, 0.15) is 45.5 Å². The Bertz CT molecular complexity index is 598. The van der Waals surface area contributed by atoms with E-state index in [9.17, 15) is 14.4 Å². The zero-order valence-electron chi connectivity index (χ0n) is 13.0. The third kappa shape index (κ3) is 3.23. The number of hydrogen-bond donors (Lipinski definition) is 3. The summed E-state index contributed by atoms with van der Waals surface area (Å²) in [6.07, 6.45) is 1.61. The molecular weight excluding hydrogens is 288 g/mol. The molecule has 9 nitrogen and oxygen atoms in total. The van der Waals surface area contributed by atoms with Crippen molar-refractivity contribution in [3.63, 3.8) is 0 Å². The molecule has 0 unspecified atom stereocenters. The van der Waals surface area contributed by atoms with Gasteiger partial charge >= 0.3 is 0 Å². The van der Waals surface area contributed by atoms with E-state index < -0.39 is 24.0 Å². The van der Waals surface area contributed by atoms with E-state index in [4.69, 9.17) is 0 Å². The van der Waals surface area contributed by atoms with E-state index in [2.05, 4.69) is 26.3 Å². The average molecular weight is 308 g/mol. The first-order chi connectivity index (χ1) is 10.3. The molecule has 22 heavy (non-hydrogen) atoms. The maximum Gasteiger partial charge on any atom is 0.245 e. The molecule has 9 heteroatoms. The fourth-order valence-electron chi connectivity index (χ4n) is 2.01. The van der Waals surface area contributed by atoms with Crippen molar-refractivity contribution in [1.29, 1.82) is 0 Å². The fraction of sp³-hybridized carbons (Fsp3) is 0.615. The molecule has 1 aromatic rings. The molecule has 0 spiro atoms. The zero-order valence-corrected chi connectivity index (χ0v) is 13.0. The minimum absolute atomic E-state index is 0.332. The molecule has 1 aliphatic rings. The van der Waals surface area contributed by atoms with Crippen molar-refractivity contribution < 1.29 is 14.4 Å². The maximum atomic E-state index is 12.1. The number of carbonyl (C=O) groups is 3. The number of fused-ring (bicyclic) bond motifs is 2. The molecule has 3 N–H and O–H groups in total. The summed E-state index contributed by atoms with van der Waals surface area (Å²) in [5.74, 6) is -1.10. The van der Waals surface area contributed by atoms with E-state index >= 15 is 0 Å². The third-order valence-corrected chi connectivity index (χ3v) is 3.61. The Morgan fingerprint density at radius 1 is 0.864 bits per heavy atom. The van der Waals surface area contributed by atoms with Gasteiger partial charge in [-0.25, -0.2) is 4.68 Å². The molecule has 0 aromatic carbocycles. The first-order valence-corrected chi connectivity index (χ1v) is 7.12. The zero-order chi connectivity index (χ0) is 16.4. The molecular formula is C13H20N6O3. The molecule has 0 radical (unpaired) electrons. The highest BCUT2D eigenvalue weighted by Gasteiger charge is 2.26. The van der Waals surface area contributed by atoms with Crippen molar-refractivity contribution >= 4 is 17.7 Å². The molecule has 1 aliphatic heterocycles. The van der Waals surface area contributed by atoms with Crippen LogP contribution in [0.2, 0.25) is 0 Å². The number of amides is 3. The summed E-state index contributed by atoms with van der Waals surface area (Å²) >= 11 is 0. The molecule has 0 fully saturated rings. The summed E-state index contributed by atoms with van der Waals surface area (Å²) in [5, 5.41) is 15.8. The Balaban J connectivity index is 2.32. The molecule has 2 heterocycles. The van der Waals surface area contributed by atoms with Crippen LogP contribution in [0, 0.1) is 0 Å². The Kier molecular flexibility index (Phi) is 4.43. The van der Waals surface area contributed by atoms with E-state index in [0.717, 1.165) is 0 Å². The highest BCUT2D eigenvalue weighted by molar-refractivity contribution is 5.92. The second kappa shape index (κ2) is 6.12. The number of nitrogens with one attached hydrogen (secondary N) is 3. The van der Waals surface area contributed by atoms with Crippen molar-refractivity contribution in [2.45, 2.75) is 51.9 Å². The van der Waals surface area contributed by atoms with Crippen LogP contribution in [0.15, 0.2) is 6.20 Å². The van der Waals surface area contributed by atoms with Crippen LogP contribution in [0.25, 0.3) is 0 Å². The molecule has 0 aliphatic carbocycles. The van der Waals surface area contributed by atoms with Gasteiger partial charge < -0.3 is 16.0 Å². The monoisotopic (exact) mass is 308 g/mol. The van der Waals surface area contributed by atoms with E-state index in [1.807, 2.05) is 0 Å². The van der Waals surface area contributed by atoms with Gasteiger partial charge in [-0.15, -0.1) is 5.10 Å². The number of hydrogen-bond acceptors (Lipinski definition) is 5. The third-order valence-electron chi connectivity index (χ3n) is 3.61.